The lowest BCUT2D eigenvalue weighted by Gasteiger charge is -2.10. The molecule has 2 heterocycles. The fraction of sp³-hybridized carbons (Fsp3) is 0.429. The summed E-state index contributed by atoms with van der Waals surface area (Å²) in [5.74, 6) is 1.02. The van der Waals surface area contributed by atoms with E-state index in [1.165, 1.54) is 0 Å². The molecule has 20 heavy (non-hydrogen) atoms. The van der Waals surface area contributed by atoms with Gasteiger partial charge in [-0.05, 0) is 25.5 Å². The molecule has 0 fully saturated rings. The van der Waals surface area contributed by atoms with Crippen molar-refractivity contribution in [3.05, 3.63) is 30.2 Å². The zero-order valence-electron chi connectivity index (χ0n) is 11.6. The maximum absolute atomic E-state index is 11.5. The van der Waals surface area contributed by atoms with E-state index in [2.05, 4.69) is 10.5 Å². The Balaban J connectivity index is 1.76. The van der Waals surface area contributed by atoms with Crippen LogP contribution in [0.3, 0.4) is 0 Å². The molecule has 0 aliphatic rings. The molecular formula is C14H18N2O4. The fourth-order valence-corrected chi connectivity index (χ4v) is 1.58. The first-order chi connectivity index (χ1) is 9.69. The zero-order valence-corrected chi connectivity index (χ0v) is 11.6. The molecule has 0 aliphatic heterocycles. The molecule has 6 heteroatoms. The highest BCUT2D eigenvalue weighted by Gasteiger charge is 2.10. The lowest BCUT2D eigenvalue weighted by Crippen LogP contribution is -2.34. The molecule has 0 aromatic carbocycles. The Hall–Kier alpha value is -2.08. The second-order valence-electron chi connectivity index (χ2n) is 4.53. The first-order valence-electron chi connectivity index (χ1n) is 6.55. The van der Waals surface area contributed by atoms with Gasteiger partial charge in [0.15, 0.2) is 5.76 Å². The van der Waals surface area contributed by atoms with Crippen LogP contribution < -0.4 is 5.32 Å². The number of aromatic nitrogens is 1. The summed E-state index contributed by atoms with van der Waals surface area (Å²) >= 11 is 0. The smallest absolute Gasteiger partial charge is 0.246 e. The monoisotopic (exact) mass is 278 g/mol. The SMILES string of the molecule is CC[C@H](C)NC(=O)COCc1cc(-c2ccco2)on1. The highest BCUT2D eigenvalue weighted by atomic mass is 16.5. The van der Waals surface area contributed by atoms with Gasteiger partial charge in [-0.1, -0.05) is 12.1 Å². The number of nitrogens with one attached hydrogen (secondary N) is 1. The molecule has 0 bridgehead atoms. The third-order valence-corrected chi connectivity index (χ3v) is 2.83. The normalized spacial score (nSPS) is 12.3. The Bertz CT molecular complexity index is 533. The van der Waals surface area contributed by atoms with Crippen LogP contribution in [0, 0.1) is 0 Å². The molecule has 0 spiro atoms. The van der Waals surface area contributed by atoms with Gasteiger partial charge in [0.05, 0.1) is 12.9 Å². The second kappa shape index (κ2) is 6.91. The Morgan fingerprint density at radius 2 is 2.35 bits per heavy atom. The Kier molecular flexibility index (Phi) is 4.95. The average Bonchev–Trinajstić information content (AvgIpc) is 3.08. The van der Waals surface area contributed by atoms with Crippen LogP contribution in [-0.4, -0.2) is 23.7 Å². The molecule has 0 saturated heterocycles. The molecule has 1 atom stereocenters. The molecule has 0 saturated carbocycles. The number of hydrogen-bond acceptors (Lipinski definition) is 5. The van der Waals surface area contributed by atoms with Gasteiger partial charge < -0.3 is 19.0 Å². The average molecular weight is 278 g/mol. The van der Waals surface area contributed by atoms with Crippen LogP contribution in [0.15, 0.2) is 33.4 Å². The van der Waals surface area contributed by atoms with Gasteiger partial charge in [-0.25, -0.2) is 0 Å². The summed E-state index contributed by atoms with van der Waals surface area (Å²) in [6, 6.07) is 5.44. The minimum atomic E-state index is -0.130. The van der Waals surface area contributed by atoms with Crippen LogP contribution in [0.4, 0.5) is 0 Å². The van der Waals surface area contributed by atoms with E-state index in [1.807, 2.05) is 13.8 Å². The maximum atomic E-state index is 11.5. The Morgan fingerprint density at radius 1 is 1.50 bits per heavy atom. The second-order valence-corrected chi connectivity index (χ2v) is 4.53. The Morgan fingerprint density at radius 3 is 3.05 bits per heavy atom. The van der Waals surface area contributed by atoms with Crippen LogP contribution in [-0.2, 0) is 16.1 Å². The summed E-state index contributed by atoms with van der Waals surface area (Å²) < 4.78 is 15.6. The zero-order chi connectivity index (χ0) is 14.4. The first kappa shape index (κ1) is 14.3. The highest BCUT2D eigenvalue weighted by molar-refractivity contribution is 5.77. The van der Waals surface area contributed by atoms with Crippen LogP contribution in [0.5, 0.6) is 0 Å². The van der Waals surface area contributed by atoms with E-state index in [4.69, 9.17) is 13.7 Å². The van der Waals surface area contributed by atoms with Crippen molar-refractivity contribution in [2.75, 3.05) is 6.61 Å². The van der Waals surface area contributed by atoms with Crippen LogP contribution in [0.25, 0.3) is 11.5 Å². The molecule has 108 valence electrons. The van der Waals surface area contributed by atoms with Crippen molar-refractivity contribution in [2.24, 2.45) is 0 Å². The molecule has 0 unspecified atom stereocenters. The minimum absolute atomic E-state index is 0.00723. The third-order valence-electron chi connectivity index (χ3n) is 2.83. The molecular weight excluding hydrogens is 260 g/mol. The highest BCUT2D eigenvalue weighted by Crippen LogP contribution is 2.20. The van der Waals surface area contributed by atoms with E-state index in [0.717, 1.165) is 6.42 Å². The number of ether oxygens (including phenoxy) is 1. The summed E-state index contributed by atoms with van der Waals surface area (Å²) in [6.07, 6.45) is 2.45. The van der Waals surface area contributed by atoms with Gasteiger partial charge in [-0.15, -0.1) is 0 Å². The van der Waals surface area contributed by atoms with Crippen molar-refractivity contribution in [3.8, 4) is 11.5 Å². The van der Waals surface area contributed by atoms with Crippen molar-refractivity contribution in [3.63, 3.8) is 0 Å². The quantitative estimate of drug-likeness (QED) is 0.841. The van der Waals surface area contributed by atoms with Crippen molar-refractivity contribution < 1.29 is 18.5 Å². The van der Waals surface area contributed by atoms with Crippen molar-refractivity contribution in [1.82, 2.24) is 10.5 Å². The van der Waals surface area contributed by atoms with Gasteiger partial charge in [-0.3, -0.25) is 4.79 Å². The van der Waals surface area contributed by atoms with E-state index in [9.17, 15) is 4.79 Å². The van der Waals surface area contributed by atoms with Crippen LogP contribution in [0.2, 0.25) is 0 Å². The summed E-state index contributed by atoms with van der Waals surface area (Å²) in [5, 5.41) is 6.68. The van der Waals surface area contributed by atoms with Crippen molar-refractivity contribution >= 4 is 5.91 Å². The molecule has 2 rings (SSSR count). The minimum Gasteiger partial charge on any atom is -0.461 e. The van der Waals surface area contributed by atoms with E-state index >= 15 is 0 Å². The first-order valence-corrected chi connectivity index (χ1v) is 6.55. The Labute approximate surface area is 117 Å². The number of rotatable bonds is 7. The predicted molar refractivity (Wildman–Crippen MR) is 71.8 cm³/mol. The molecule has 2 aromatic heterocycles. The lowest BCUT2D eigenvalue weighted by atomic mass is 10.2. The number of amides is 1. The summed E-state index contributed by atoms with van der Waals surface area (Å²) in [6.45, 7) is 4.19. The van der Waals surface area contributed by atoms with Crippen LogP contribution in [0.1, 0.15) is 26.0 Å². The largest absolute Gasteiger partial charge is 0.461 e. The van der Waals surface area contributed by atoms with Gasteiger partial charge in [-0.2, -0.15) is 0 Å². The van der Waals surface area contributed by atoms with Gasteiger partial charge in [0.2, 0.25) is 11.7 Å². The van der Waals surface area contributed by atoms with Gasteiger partial charge in [0, 0.05) is 12.1 Å². The topological polar surface area (TPSA) is 77.5 Å². The summed E-state index contributed by atoms with van der Waals surface area (Å²) in [5.41, 5.74) is 0.618. The number of carbonyl (C=O) groups is 1. The molecule has 2 aromatic rings. The number of furan rings is 1. The van der Waals surface area contributed by atoms with Gasteiger partial charge >= 0.3 is 0 Å². The molecule has 1 amide bonds. The molecule has 0 aliphatic carbocycles. The van der Waals surface area contributed by atoms with Crippen molar-refractivity contribution in [1.29, 1.82) is 0 Å². The van der Waals surface area contributed by atoms with Crippen molar-refractivity contribution in [2.45, 2.75) is 32.9 Å². The molecule has 0 radical (unpaired) electrons. The maximum Gasteiger partial charge on any atom is 0.246 e. The van der Waals surface area contributed by atoms with E-state index < -0.39 is 0 Å². The number of carbonyl (C=O) groups excluding carboxylic acids is 1. The van der Waals surface area contributed by atoms with E-state index in [0.29, 0.717) is 17.2 Å². The van der Waals surface area contributed by atoms with E-state index in [1.54, 1.807) is 24.5 Å². The standard InChI is InChI=1S/C14H18N2O4/c1-3-10(2)15-14(17)9-18-8-11-7-13(20-16-11)12-5-4-6-19-12/h4-7,10H,3,8-9H2,1-2H3,(H,15,17)/t10-/m0/s1. The van der Waals surface area contributed by atoms with Crippen LogP contribution >= 0.6 is 0 Å². The van der Waals surface area contributed by atoms with E-state index in [-0.39, 0.29) is 25.2 Å². The lowest BCUT2D eigenvalue weighted by molar-refractivity contribution is -0.126. The van der Waals surface area contributed by atoms with Gasteiger partial charge in [0.25, 0.3) is 0 Å². The summed E-state index contributed by atoms with van der Waals surface area (Å²) in [4.78, 5) is 11.5. The molecule has 1 N–H and O–H groups in total. The summed E-state index contributed by atoms with van der Waals surface area (Å²) in [7, 11) is 0. The predicted octanol–water partition coefficient (Wildman–Crippen LogP) is 2.37. The third kappa shape index (κ3) is 3.96. The molecule has 6 nitrogen and oxygen atoms in total. The fourth-order valence-electron chi connectivity index (χ4n) is 1.58. The number of nitrogens with zero attached hydrogens (tertiary/aromatic N) is 1. The van der Waals surface area contributed by atoms with Gasteiger partial charge in [0.1, 0.15) is 12.3 Å². The number of hydrogen-bond donors (Lipinski definition) is 1.